The first-order valence-electron chi connectivity index (χ1n) is 9.00. The number of amides is 2. The highest BCUT2D eigenvalue weighted by molar-refractivity contribution is 5.92. The Labute approximate surface area is 167 Å². The number of halogens is 1. The average molecular weight is 393 g/mol. The number of aromatic nitrogens is 2. The van der Waals surface area contributed by atoms with Crippen LogP contribution in [0.2, 0.25) is 0 Å². The van der Waals surface area contributed by atoms with Crippen molar-refractivity contribution in [3.05, 3.63) is 77.9 Å². The fourth-order valence-corrected chi connectivity index (χ4v) is 2.61. The number of carbonyl (C=O) groups excluding carboxylic acids is 2. The summed E-state index contributed by atoms with van der Waals surface area (Å²) < 4.78 is 12.9. The molecule has 3 rings (SSSR count). The van der Waals surface area contributed by atoms with Crippen LogP contribution in [0.25, 0.3) is 0 Å². The molecule has 29 heavy (non-hydrogen) atoms. The van der Waals surface area contributed by atoms with Gasteiger partial charge >= 0.3 is 0 Å². The normalized spacial score (nSPS) is 10.3. The van der Waals surface area contributed by atoms with Gasteiger partial charge in [0.05, 0.1) is 0 Å². The van der Waals surface area contributed by atoms with E-state index in [4.69, 9.17) is 0 Å². The maximum absolute atomic E-state index is 12.9. The Hall–Kier alpha value is -3.81. The van der Waals surface area contributed by atoms with Crippen molar-refractivity contribution in [3.8, 4) is 0 Å². The second kappa shape index (κ2) is 9.41. The van der Waals surface area contributed by atoms with Gasteiger partial charge < -0.3 is 16.0 Å². The maximum Gasteiger partial charge on any atom is 0.270 e. The molecule has 0 saturated carbocycles. The monoisotopic (exact) mass is 393 g/mol. The van der Waals surface area contributed by atoms with E-state index in [-0.39, 0.29) is 29.3 Å². The summed E-state index contributed by atoms with van der Waals surface area (Å²) in [6, 6.07) is 14.7. The summed E-state index contributed by atoms with van der Waals surface area (Å²) in [6.45, 7) is 1.83. The fourth-order valence-electron chi connectivity index (χ4n) is 2.61. The van der Waals surface area contributed by atoms with E-state index in [0.29, 0.717) is 24.3 Å². The Morgan fingerprint density at radius 3 is 2.55 bits per heavy atom. The second-order valence-electron chi connectivity index (χ2n) is 6.28. The molecule has 148 valence electrons. The first kappa shape index (κ1) is 19.9. The first-order chi connectivity index (χ1) is 14.0. The molecule has 0 spiro atoms. The van der Waals surface area contributed by atoms with Crippen molar-refractivity contribution in [2.45, 2.75) is 13.3 Å². The van der Waals surface area contributed by atoms with E-state index in [0.717, 1.165) is 5.56 Å². The zero-order valence-electron chi connectivity index (χ0n) is 15.8. The number of carbonyl (C=O) groups is 2. The van der Waals surface area contributed by atoms with Crippen LogP contribution in [-0.2, 0) is 11.2 Å². The van der Waals surface area contributed by atoms with Crippen molar-refractivity contribution in [1.82, 2.24) is 15.3 Å². The smallest absolute Gasteiger partial charge is 0.270 e. The predicted octanol–water partition coefficient (Wildman–Crippen LogP) is 3.29. The number of hydrogen-bond donors (Lipinski definition) is 3. The summed E-state index contributed by atoms with van der Waals surface area (Å²) >= 11 is 0. The highest BCUT2D eigenvalue weighted by atomic mass is 19.1. The van der Waals surface area contributed by atoms with Crippen LogP contribution >= 0.6 is 0 Å². The molecule has 8 heteroatoms. The highest BCUT2D eigenvalue weighted by Gasteiger charge is 2.09. The molecule has 3 aromatic rings. The lowest BCUT2D eigenvalue weighted by Crippen LogP contribution is -2.26. The number of rotatable bonds is 7. The molecule has 0 atom stereocenters. The average Bonchev–Trinajstić information content (AvgIpc) is 2.69. The van der Waals surface area contributed by atoms with Gasteiger partial charge in [-0.25, -0.2) is 14.4 Å². The zero-order chi connectivity index (χ0) is 20.6. The van der Waals surface area contributed by atoms with Crippen molar-refractivity contribution in [3.63, 3.8) is 0 Å². The van der Waals surface area contributed by atoms with Crippen LogP contribution in [0.1, 0.15) is 23.0 Å². The molecule has 1 heterocycles. The molecule has 7 nitrogen and oxygen atoms in total. The largest absolute Gasteiger partial charge is 0.350 e. The van der Waals surface area contributed by atoms with E-state index in [1.54, 1.807) is 36.4 Å². The lowest BCUT2D eigenvalue weighted by Gasteiger charge is -2.09. The summed E-state index contributed by atoms with van der Waals surface area (Å²) in [5.41, 5.74) is 2.46. The molecule has 0 fully saturated rings. The summed E-state index contributed by atoms with van der Waals surface area (Å²) in [4.78, 5) is 31.9. The number of anilines is 3. The van der Waals surface area contributed by atoms with Crippen LogP contribution in [0.4, 0.5) is 21.7 Å². The molecule has 0 aliphatic heterocycles. The van der Waals surface area contributed by atoms with E-state index in [9.17, 15) is 14.0 Å². The van der Waals surface area contributed by atoms with Gasteiger partial charge in [-0.15, -0.1) is 0 Å². The van der Waals surface area contributed by atoms with Gasteiger partial charge in [-0.1, -0.05) is 18.2 Å². The zero-order valence-corrected chi connectivity index (χ0v) is 15.8. The molecular formula is C21H20FN5O2. The van der Waals surface area contributed by atoms with E-state index in [1.807, 2.05) is 0 Å². The standard InChI is InChI=1S/C21H20FN5O2/c1-14(28)25-17-3-2-4-18(13-17)26-21-24-12-10-19(27-21)20(29)23-11-9-15-5-7-16(22)8-6-15/h2-8,10,12-13H,9,11H2,1H3,(H,23,29)(H,25,28)(H,24,26,27). The van der Waals surface area contributed by atoms with Gasteiger partial charge in [0.25, 0.3) is 5.91 Å². The molecule has 0 radical (unpaired) electrons. The van der Waals surface area contributed by atoms with Gasteiger partial charge in [-0.3, -0.25) is 9.59 Å². The number of nitrogens with zero attached hydrogens (tertiary/aromatic N) is 2. The van der Waals surface area contributed by atoms with Crippen LogP contribution in [0.3, 0.4) is 0 Å². The molecule has 1 aromatic heterocycles. The third kappa shape index (κ3) is 6.10. The number of hydrogen-bond acceptors (Lipinski definition) is 5. The Morgan fingerprint density at radius 1 is 1.03 bits per heavy atom. The van der Waals surface area contributed by atoms with Crippen molar-refractivity contribution in [2.75, 3.05) is 17.2 Å². The van der Waals surface area contributed by atoms with E-state index in [1.165, 1.54) is 31.3 Å². The Kier molecular flexibility index (Phi) is 6.47. The van der Waals surface area contributed by atoms with Crippen LogP contribution in [-0.4, -0.2) is 28.3 Å². The van der Waals surface area contributed by atoms with Crippen LogP contribution in [0.5, 0.6) is 0 Å². The fraction of sp³-hybridized carbons (Fsp3) is 0.143. The van der Waals surface area contributed by atoms with Crippen LogP contribution in [0, 0.1) is 5.82 Å². The van der Waals surface area contributed by atoms with Gasteiger partial charge in [0.1, 0.15) is 11.5 Å². The molecule has 2 aromatic carbocycles. The molecule has 2 amide bonds. The quantitative estimate of drug-likeness (QED) is 0.572. The van der Waals surface area contributed by atoms with Gasteiger partial charge in [0.15, 0.2) is 0 Å². The van der Waals surface area contributed by atoms with Gasteiger partial charge in [0, 0.05) is 31.0 Å². The highest BCUT2D eigenvalue weighted by Crippen LogP contribution is 2.18. The first-order valence-corrected chi connectivity index (χ1v) is 9.00. The van der Waals surface area contributed by atoms with E-state index < -0.39 is 0 Å². The van der Waals surface area contributed by atoms with Crippen molar-refractivity contribution in [1.29, 1.82) is 0 Å². The van der Waals surface area contributed by atoms with Crippen molar-refractivity contribution < 1.29 is 14.0 Å². The molecular weight excluding hydrogens is 373 g/mol. The predicted molar refractivity (Wildman–Crippen MR) is 108 cm³/mol. The van der Waals surface area contributed by atoms with Crippen LogP contribution < -0.4 is 16.0 Å². The second-order valence-corrected chi connectivity index (χ2v) is 6.28. The lowest BCUT2D eigenvalue weighted by molar-refractivity contribution is -0.114. The van der Waals surface area contributed by atoms with E-state index >= 15 is 0 Å². The summed E-state index contributed by atoms with van der Waals surface area (Å²) in [6.07, 6.45) is 2.07. The summed E-state index contributed by atoms with van der Waals surface area (Å²) in [7, 11) is 0. The number of nitrogens with one attached hydrogen (secondary N) is 3. The Morgan fingerprint density at radius 2 is 1.79 bits per heavy atom. The van der Waals surface area contributed by atoms with Gasteiger partial charge in [-0.05, 0) is 48.4 Å². The molecule has 0 saturated heterocycles. The SMILES string of the molecule is CC(=O)Nc1cccc(Nc2nccc(C(=O)NCCc3ccc(F)cc3)n2)c1. The molecule has 0 bridgehead atoms. The van der Waals surface area contributed by atoms with Crippen LogP contribution in [0.15, 0.2) is 60.8 Å². The topological polar surface area (TPSA) is 96.0 Å². The molecule has 0 aliphatic carbocycles. The molecule has 3 N–H and O–H groups in total. The molecule has 0 aliphatic rings. The number of benzene rings is 2. The van der Waals surface area contributed by atoms with E-state index in [2.05, 4.69) is 25.9 Å². The minimum atomic E-state index is -0.329. The Bertz CT molecular complexity index is 1010. The van der Waals surface area contributed by atoms with Crippen molar-refractivity contribution >= 4 is 29.1 Å². The minimum Gasteiger partial charge on any atom is -0.350 e. The maximum atomic E-state index is 12.9. The lowest BCUT2D eigenvalue weighted by atomic mass is 10.1. The van der Waals surface area contributed by atoms with Gasteiger partial charge in [-0.2, -0.15) is 0 Å². The summed E-state index contributed by atoms with van der Waals surface area (Å²) in [5.74, 6) is -0.528. The minimum absolute atomic E-state index is 0.169. The summed E-state index contributed by atoms with van der Waals surface area (Å²) in [5, 5.41) is 8.49. The van der Waals surface area contributed by atoms with Crippen molar-refractivity contribution in [2.24, 2.45) is 0 Å². The Balaban J connectivity index is 1.59. The van der Waals surface area contributed by atoms with Gasteiger partial charge in [0.2, 0.25) is 11.9 Å². The third-order valence-corrected chi connectivity index (χ3v) is 3.94. The third-order valence-electron chi connectivity index (χ3n) is 3.94. The molecule has 0 unspecified atom stereocenters.